The smallest absolute Gasteiger partial charge is 0.307 e. The van der Waals surface area contributed by atoms with Crippen molar-refractivity contribution in [1.82, 2.24) is 10.3 Å². The van der Waals surface area contributed by atoms with Crippen molar-refractivity contribution in [2.45, 2.75) is 63.4 Å². The van der Waals surface area contributed by atoms with Gasteiger partial charge in [0.15, 0.2) is 0 Å². The molecule has 3 aliphatic rings. The van der Waals surface area contributed by atoms with Crippen molar-refractivity contribution in [2.75, 3.05) is 6.54 Å². The molecular weight excluding hydrogens is 312 g/mol. The van der Waals surface area contributed by atoms with Crippen molar-refractivity contribution in [2.24, 2.45) is 5.92 Å². The van der Waals surface area contributed by atoms with Gasteiger partial charge in [-0.1, -0.05) is 0 Å². The first kappa shape index (κ1) is 15.1. The van der Waals surface area contributed by atoms with Gasteiger partial charge in [-0.3, -0.25) is 9.59 Å². The number of hydrogen-bond donors (Lipinski definition) is 1. The lowest BCUT2D eigenvalue weighted by atomic mass is 9.85. The van der Waals surface area contributed by atoms with Crippen molar-refractivity contribution >= 4 is 23.2 Å². The van der Waals surface area contributed by atoms with Crippen molar-refractivity contribution < 1.29 is 14.3 Å². The van der Waals surface area contributed by atoms with E-state index in [4.69, 9.17) is 4.74 Å². The summed E-state index contributed by atoms with van der Waals surface area (Å²) in [6.45, 7) is 0.589. The van der Waals surface area contributed by atoms with Gasteiger partial charge < -0.3 is 10.1 Å². The minimum absolute atomic E-state index is 0.0261. The summed E-state index contributed by atoms with van der Waals surface area (Å²) < 4.78 is 5.54. The number of amides is 1. The topological polar surface area (TPSA) is 68.3 Å². The second-order valence-corrected chi connectivity index (χ2v) is 8.04. The zero-order valence-electron chi connectivity index (χ0n) is 13.2. The third-order valence-electron chi connectivity index (χ3n) is 5.37. The number of carbonyl (C=O) groups is 2. The third-order valence-corrected chi connectivity index (χ3v) is 6.58. The SMILES string of the molecule is O=C1C[C@@H](C(=O)NCCc2nc3c(s2)CCC3)C2(CCCC2)O1. The first-order chi connectivity index (χ1) is 11.2. The number of nitrogens with zero attached hydrogens (tertiary/aromatic N) is 1. The molecule has 23 heavy (non-hydrogen) atoms. The maximum absolute atomic E-state index is 12.5. The van der Waals surface area contributed by atoms with Crippen LogP contribution in [0.2, 0.25) is 0 Å². The van der Waals surface area contributed by atoms with Crippen LogP contribution in [0.4, 0.5) is 0 Å². The molecule has 4 rings (SSSR count). The number of ether oxygens (including phenoxy) is 1. The Kier molecular flexibility index (Phi) is 3.87. The van der Waals surface area contributed by atoms with Crippen LogP contribution >= 0.6 is 11.3 Å². The van der Waals surface area contributed by atoms with Gasteiger partial charge in [-0.25, -0.2) is 4.98 Å². The minimum Gasteiger partial charge on any atom is -0.458 e. The quantitative estimate of drug-likeness (QED) is 0.857. The second kappa shape index (κ2) is 5.89. The molecular formula is C17H22N2O3S. The number of carbonyl (C=O) groups excluding carboxylic acids is 2. The first-order valence-electron chi connectivity index (χ1n) is 8.63. The lowest BCUT2D eigenvalue weighted by molar-refractivity contribution is -0.149. The summed E-state index contributed by atoms with van der Waals surface area (Å²) in [5, 5.41) is 4.12. The van der Waals surface area contributed by atoms with Gasteiger partial charge in [0.25, 0.3) is 0 Å². The van der Waals surface area contributed by atoms with E-state index < -0.39 is 5.60 Å². The first-order valence-corrected chi connectivity index (χ1v) is 9.45. The number of fused-ring (bicyclic) bond motifs is 1. The van der Waals surface area contributed by atoms with Crippen LogP contribution in [0.15, 0.2) is 0 Å². The number of nitrogens with one attached hydrogen (secondary N) is 1. The molecule has 1 saturated carbocycles. The van der Waals surface area contributed by atoms with E-state index in [9.17, 15) is 9.59 Å². The average molecular weight is 334 g/mol. The molecule has 1 aromatic heterocycles. The Morgan fingerprint density at radius 3 is 2.91 bits per heavy atom. The summed E-state index contributed by atoms with van der Waals surface area (Å²) in [6, 6.07) is 0. The predicted octanol–water partition coefficient (Wildman–Crippen LogP) is 2.17. The molecule has 1 aliphatic heterocycles. The van der Waals surface area contributed by atoms with Crippen molar-refractivity contribution in [1.29, 1.82) is 0 Å². The summed E-state index contributed by atoms with van der Waals surface area (Å²) in [7, 11) is 0. The van der Waals surface area contributed by atoms with Crippen LogP contribution in [0.25, 0.3) is 0 Å². The third kappa shape index (κ3) is 2.77. The van der Waals surface area contributed by atoms with Crippen LogP contribution in [-0.4, -0.2) is 29.0 Å². The summed E-state index contributed by atoms with van der Waals surface area (Å²) in [5.41, 5.74) is 0.750. The van der Waals surface area contributed by atoms with Crippen molar-refractivity contribution in [3.63, 3.8) is 0 Å². The normalized spacial score (nSPS) is 24.9. The summed E-state index contributed by atoms with van der Waals surface area (Å²) in [5.74, 6) is -0.552. The maximum atomic E-state index is 12.5. The van der Waals surface area contributed by atoms with E-state index in [0.29, 0.717) is 6.54 Å². The number of esters is 1. The van der Waals surface area contributed by atoms with E-state index in [1.165, 1.54) is 17.0 Å². The lowest BCUT2D eigenvalue weighted by Gasteiger charge is -2.27. The Morgan fingerprint density at radius 2 is 2.13 bits per heavy atom. The monoisotopic (exact) mass is 334 g/mol. The number of hydrogen-bond acceptors (Lipinski definition) is 5. The summed E-state index contributed by atoms with van der Waals surface area (Å²) in [4.78, 5) is 30.3. The molecule has 1 saturated heterocycles. The van der Waals surface area contributed by atoms with Crippen LogP contribution in [0.3, 0.4) is 0 Å². The number of rotatable bonds is 4. The highest BCUT2D eigenvalue weighted by Crippen LogP contribution is 2.45. The zero-order chi connectivity index (χ0) is 15.9. The van der Waals surface area contributed by atoms with Gasteiger partial charge in [0.05, 0.1) is 23.0 Å². The van der Waals surface area contributed by atoms with E-state index in [1.807, 2.05) is 0 Å². The molecule has 2 fully saturated rings. The molecule has 0 radical (unpaired) electrons. The van der Waals surface area contributed by atoms with Crippen LogP contribution in [-0.2, 0) is 33.6 Å². The number of aryl methyl sites for hydroxylation is 2. The Morgan fingerprint density at radius 1 is 1.30 bits per heavy atom. The van der Waals surface area contributed by atoms with Gasteiger partial charge in [0.1, 0.15) is 5.60 Å². The molecule has 124 valence electrons. The summed E-state index contributed by atoms with van der Waals surface area (Å²) in [6.07, 6.45) is 8.24. The fraction of sp³-hybridized carbons (Fsp3) is 0.706. The van der Waals surface area contributed by atoms with Crippen LogP contribution in [0.1, 0.15) is 54.1 Å². The zero-order valence-corrected chi connectivity index (χ0v) is 14.0. The van der Waals surface area contributed by atoms with Gasteiger partial charge in [-0.2, -0.15) is 0 Å². The van der Waals surface area contributed by atoms with Crippen LogP contribution in [0.5, 0.6) is 0 Å². The molecule has 1 spiro atoms. The fourth-order valence-corrected chi connectivity index (χ4v) is 5.37. The largest absolute Gasteiger partial charge is 0.458 e. The molecule has 2 heterocycles. The van der Waals surface area contributed by atoms with E-state index in [1.54, 1.807) is 11.3 Å². The molecule has 0 aromatic carbocycles. The molecule has 1 atom stereocenters. The van der Waals surface area contributed by atoms with Gasteiger partial charge in [0, 0.05) is 17.8 Å². The molecule has 0 bridgehead atoms. The van der Waals surface area contributed by atoms with Crippen LogP contribution < -0.4 is 5.32 Å². The van der Waals surface area contributed by atoms with E-state index in [2.05, 4.69) is 10.3 Å². The highest BCUT2D eigenvalue weighted by molar-refractivity contribution is 7.11. The Bertz CT molecular complexity index is 612. The molecule has 0 unspecified atom stereocenters. The van der Waals surface area contributed by atoms with Gasteiger partial charge in [-0.05, 0) is 44.9 Å². The Labute approximate surface area is 139 Å². The van der Waals surface area contributed by atoms with Gasteiger partial charge in [0.2, 0.25) is 5.91 Å². The average Bonchev–Trinajstić information content (AvgIpc) is 3.24. The molecule has 2 aliphatic carbocycles. The highest BCUT2D eigenvalue weighted by atomic mass is 32.1. The predicted molar refractivity (Wildman–Crippen MR) is 86.3 cm³/mol. The van der Waals surface area contributed by atoms with E-state index in [0.717, 1.165) is 50.0 Å². The summed E-state index contributed by atoms with van der Waals surface area (Å²) >= 11 is 1.78. The Balaban J connectivity index is 1.33. The van der Waals surface area contributed by atoms with E-state index in [-0.39, 0.29) is 24.2 Å². The van der Waals surface area contributed by atoms with Crippen LogP contribution in [0, 0.1) is 5.92 Å². The maximum Gasteiger partial charge on any atom is 0.307 e. The standard InChI is InChI=1S/C17H22N2O3S/c20-15-10-11(17(22-15)7-1-2-8-17)16(21)18-9-6-14-19-12-4-3-5-13(12)23-14/h11H,1-10H2,(H,18,21)/t11-/m0/s1. The molecule has 1 aromatic rings. The molecule has 1 N–H and O–H groups in total. The fourth-order valence-electron chi connectivity index (χ4n) is 4.21. The van der Waals surface area contributed by atoms with E-state index >= 15 is 0 Å². The number of thiazole rings is 1. The van der Waals surface area contributed by atoms with Crippen molar-refractivity contribution in [3.8, 4) is 0 Å². The highest BCUT2D eigenvalue weighted by Gasteiger charge is 2.53. The van der Waals surface area contributed by atoms with Crippen molar-refractivity contribution in [3.05, 3.63) is 15.6 Å². The van der Waals surface area contributed by atoms with Gasteiger partial charge in [-0.15, -0.1) is 11.3 Å². The molecule has 6 heteroatoms. The molecule has 5 nitrogen and oxygen atoms in total. The number of aromatic nitrogens is 1. The second-order valence-electron chi connectivity index (χ2n) is 6.87. The minimum atomic E-state index is -0.510. The lowest BCUT2D eigenvalue weighted by Crippen LogP contribution is -2.43. The Hall–Kier alpha value is -1.43. The van der Waals surface area contributed by atoms with Gasteiger partial charge >= 0.3 is 5.97 Å². The molecule has 1 amide bonds.